The zero-order valence-corrected chi connectivity index (χ0v) is 6.80. The van der Waals surface area contributed by atoms with Gasteiger partial charge in [-0.15, -0.1) is 0 Å². The molecule has 0 aromatic rings. The number of hydrogen-bond acceptors (Lipinski definition) is 1. The van der Waals surface area contributed by atoms with Crippen molar-refractivity contribution in [1.29, 1.82) is 0 Å². The molecule has 0 aromatic heterocycles. The van der Waals surface area contributed by atoms with Crippen molar-refractivity contribution in [1.82, 2.24) is 5.32 Å². The first kappa shape index (κ1) is 10.7. The standard InChI is InChI=1S/C7H10F5N/c8-5(9)6(7(10,11)12)1-3-13-4-2-6/h5,13H,1-4H2. The average Bonchev–Trinajstić information content (AvgIpc) is 2.03. The van der Waals surface area contributed by atoms with Gasteiger partial charge in [0.2, 0.25) is 0 Å². The summed E-state index contributed by atoms with van der Waals surface area (Å²) >= 11 is 0. The molecule has 6 heteroatoms. The van der Waals surface area contributed by atoms with Crippen LogP contribution in [-0.4, -0.2) is 25.7 Å². The van der Waals surface area contributed by atoms with Crippen molar-refractivity contribution in [2.24, 2.45) is 5.41 Å². The Bertz CT molecular complexity index is 170. The van der Waals surface area contributed by atoms with Crippen LogP contribution in [0, 0.1) is 5.41 Å². The van der Waals surface area contributed by atoms with E-state index in [4.69, 9.17) is 0 Å². The van der Waals surface area contributed by atoms with Gasteiger partial charge in [0.25, 0.3) is 6.43 Å². The second kappa shape index (κ2) is 3.40. The second-order valence-electron chi connectivity index (χ2n) is 3.20. The van der Waals surface area contributed by atoms with Crippen LogP contribution < -0.4 is 5.32 Å². The molecule has 0 radical (unpaired) electrons. The molecule has 1 heterocycles. The molecule has 0 aliphatic carbocycles. The van der Waals surface area contributed by atoms with E-state index in [2.05, 4.69) is 5.32 Å². The SMILES string of the molecule is FC(F)C1(C(F)(F)F)CCNCC1. The number of nitrogens with one attached hydrogen (secondary N) is 1. The van der Waals surface area contributed by atoms with Crippen LogP contribution in [0.4, 0.5) is 22.0 Å². The lowest BCUT2D eigenvalue weighted by Crippen LogP contribution is -2.51. The topological polar surface area (TPSA) is 12.0 Å². The lowest BCUT2D eigenvalue weighted by atomic mass is 9.78. The first-order valence-electron chi connectivity index (χ1n) is 3.96. The van der Waals surface area contributed by atoms with E-state index in [1.807, 2.05) is 0 Å². The maximum Gasteiger partial charge on any atom is 0.400 e. The fraction of sp³-hybridized carbons (Fsp3) is 1.00. The Morgan fingerprint density at radius 2 is 1.54 bits per heavy atom. The highest BCUT2D eigenvalue weighted by Gasteiger charge is 2.60. The maximum absolute atomic E-state index is 12.3. The van der Waals surface area contributed by atoms with Crippen LogP contribution in [0.15, 0.2) is 0 Å². The molecule has 0 unspecified atom stereocenters. The molecule has 0 aromatic carbocycles. The van der Waals surface area contributed by atoms with Crippen molar-refractivity contribution in [3.05, 3.63) is 0 Å². The number of hydrogen-bond donors (Lipinski definition) is 1. The predicted octanol–water partition coefficient (Wildman–Crippen LogP) is 2.18. The van der Waals surface area contributed by atoms with E-state index in [0.717, 1.165) is 0 Å². The van der Waals surface area contributed by atoms with Gasteiger partial charge in [0, 0.05) is 0 Å². The van der Waals surface area contributed by atoms with E-state index in [9.17, 15) is 22.0 Å². The zero-order valence-electron chi connectivity index (χ0n) is 6.80. The van der Waals surface area contributed by atoms with Crippen LogP contribution in [0.1, 0.15) is 12.8 Å². The Kier molecular flexibility index (Phi) is 2.79. The monoisotopic (exact) mass is 203 g/mol. The largest absolute Gasteiger partial charge is 0.400 e. The summed E-state index contributed by atoms with van der Waals surface area (Å²) in [5, 5.41) is 2.63. The fourth-order valence-corrected chi connectivity index (χ4v) is 1.50. The van der Waals surface area contributed by atoms with Gasteiger partial charge < -0.3 is 5.32 Å². The van der Waals surface area contributed by atoms with E-state index in [1.54, 1.807) is 0 Å². The summed E-state index contributed by atoms with van der Waals surface area (Å²) in [5.74, 6) is 0. The van der Waals surface area contributed by atoms with Crippen molar-refractivity contribution in [3.8, 4) is 0 Å². The van der Waals surface area contributed by atoms with Crippen molar-refractivity contribution in [3.63, 3.8) is 0 Å². The first-order valence-corrected chi connectivity index (χ1v) is 3.96. The van der Waals surface area contributed by atoms with Crippen LogP contribution >= 0.6 is 0 Å². The van der Waals surface area contributed by atoms with Gasteiger partial charge in [-0.25, -0.2) is 8.78 Å². The Hall–Kier alpha value is -0.390. The van der Waals surface area contributed by atoms with Crippen molar-refractivity contribution >= 4 is 0 Å². The minimum absolute atomic E-state index is 0.00382. The smallest absolute Gasteiger partial charge is 0.317 e. The zero-order chi connectivity index (χ0) is 10.1. The molecule has 1 N–H and O–H groups in total. The van der Waals surface area contributed by atoms with E-state index >= 15 is 0 Å². The summed E-state index contributed by atoms with van der Waals surface area (Å²) in [5.41, 5.74) is -2.78. The Labute approximate surface area is 72.3 Å². The van der Waals surface area contributed by atoms with E-state index in [-0.39, 0.29) is 13.1 Å². The van der Waals surface area contributed by atoms with Gasteiger partial charge in [0.05, 0.1) is 0 Å². The molecule has 1 aliphatic heterocycles. The molecule has 1 rings (SSSR count). The van der Waals surface area contributed by atoms with Crippen molar-refractivity contribution in [2.45, 2.75) is 25.4 Å². The minimum Gasteiger partial charge on any atom is -0.317 e. The van der Waals surface area contributed by atoms with Gasteiger partial charge in [-0.1, -0.05) is 0 Å². The van der Waals surface area contributed by atoms with Gasteiger partial charge in [-0.2, -0.15) is 13.2 Å². The lowest BCUT2D eigenvalue weighted by Gasteiger charge is -2.38. The first-order chi connectivity index (χ1) is 5.90. The third kappa shape index (κ3) is 1.77. The predicted molar refractivity (Wildman–Crippen MR) is 36.6 cm³/mol. The molecule has 0 spiro atoms. The molecular weight excluding hydrogens is 193 g/mol. The highest BCUT2D eigenvalue weighted by Crippen LogP contribution is 2.49. The third-order valence-corrected chi connectivity index (χ3v) is 2.48. The Balaban J connectivity index is 2.86. The molecule has 78 valence electrons. The molecule has 0 amide bonds. The van der Waals surface area contributed by atoms with Crippen LogP contribution in [0.2, 0.25) is 0 Å². The summed E-state index contributed by atoms with van der Waals surface area (Å²) in [6.45, 7) is 0.00764. The molecular formula is C7H10F5N. The second-order valence-corrected chi connectivity index (χ2v) is 3.20. The van der Waals surface area contributed by atoms with Gasteiger partial charge in [0.15, 0.2) is 0 Å². The number of alkyl halides is 5. The molecule has 13 heavy (non-hydrogen) atoms. The van der Waals surface area contributed by atoms with Crippen LogP contribution in [0.25, 0.3) is 0 Å². The molecule has 1 nitrogen and oxygen atoms in total. The molecule has 0 atom stereocenters. The number of halogens is 5. The Morgan fingerprint density at radius 1 is 1.08 bits per heavy atom. The summed E-state index contributed by atoms with van der Waals surface area (Å²) in [7, 11) is 0. The Morgan fingerprint density at radius 3 is 1.77 bits per heavy atom. The molecule has 0 saturated carbocycles. The fourth-order valence-electron chi connectivity index (χ4n) is 1.50. The normalized spacial score (nSPS) is 23.5. The summed E-state index contributed by atoms with van der Waals surface area (Å²) in [6, 6.07) is 0. The maximum atomic E-state index is 12.3. The minimum atomic E-state index is -4.80. The van der Waals surface area contributed by atoms with Gasteiger partial charge in [-0.3, -0.25) is 0 Å². The van der Waals surface area contributed by atoms with Gasteiger partial charge in [-0.05, 0) is 25.9 Å². The third-order valence-electron chi connectivity index (χ3n) is 2.48. The molecule has 1 aliphatic rings. The molecule has 0 bridgehead atoms. The lowest BCUT2D eigenvalue weighted by molar-refractivity contribution is -0.271. The number of rotatable bonds is 1. The molecule has 1 fully saturated rings. The van der Waals surface area contributed by atoms with Gasteiger partial charge >= 0.3 is 6.18 Å². The van der Waals surface area contributed by atoms with Gasteiger partial charge in [0.1, 0.15) is 5.41 Å². The van der Waals surface area contributed by atoms with E-state index < -0.39 is 30.9 Å². The molecule has 1 saturated heterocycles. The highest BCUT2D eigenvalue weighted by atomic mass is 19.4. The summed E-state index contributed by atoms with van der Waals surface area (Å²) in [4.78, 5) is 0. The van der Waals surface area contributed by atoms with Crippen LogP contribution in [-0.2, 0) is 0 Å². The summed E-state index contributed by atoms with van der Waals surface area (Å²) in [6.07, 6.45) is -9.19. The van der Waals surface area contributed by atoms with E-state index in [1.165, 1.54) is 0 Å². The number of piperidine rings is 1. The van der Waals surface area contributed by atoms with Crippen LogP contribution in [0.3, 0.4) is 0 Å². The van der Waals surface area contributed by atoms with E-state index in [0.29, 0.717) is 0 Å². The quantitative estimate of drug-likeness (QED) is 0.644. The van der Waals surface area contributed by atoms with Crippen LogP contribution in [0.5, 0.6) is 0 Å². The average molecular weight is 203 g/mol. The van der Waals surface area contributed by atoms with Crippen molar-refractivity contribution in [2.75, 3.05) is 13.1 Å². The summed E-state index contributed by atoms with van der Waals surface area (Å²) < 4.78 is 61.7. The highest BCUT2D eigenvalue weighted by molar-refractivity contribution is 4.92. The van der Waals surface area contributed by atoms with Crippen molar-refractivity contribution < 1.29 is 22.0 Å².